The molecule has 7 heteroatoms. The van der Waals surface area contributed by atoms with Crippen LogP contribution in [0.3, 0.4) is 0 Å². The summed E-state index contributed by atoms with van der Waals surface area (Å²) in [5.74, 6) is 0.611. The van der Waals surface area contributed by atoms with E-state index < -0.39 is 6.16 Å². The Morgan fingerprint density at radius 2 is 1.62 bits per heavy atom. The van der Waals surface area contributed by atoms with Crippen LogP contribution in [0.25, 0.3) is 0 Å². The van der Waals surface area contributed by atoms with Crippen molar-refractivity contribution in [2.24, 2.45) is 5.92 Å². The van der Waals surface area contributed by atoms with Crippen LogP contribution in [0, 0.1) is 5.92 Å². The Kier molecular flexibility index (Phi) is 13.3. The molecule has 2 atom stereocenters. The number of fused-ring (bicyclic) bond motifs is 3. The summed E-state index contributed by atoms with van der Waals surface area (Å²) in [6, 6.07) is 0.424. The Bertz CT molecular complexity index is 186. The number of nitrogens with zero attached hydrogens (tertiary/aromatic N) is 1. The zero-order valence-corrected chi connectivity index (χ0v) is 16.4. The first kappa shape index (κ1) is 20.8. The van der Waals surface area contributed by atoms with Gasteiger partial charge < -0.3 is 20.1 Å². The van der Waals surface area contributed by atoms with Gasteiger partial charge in [0.1, 0.15) is 0 Å². The van der Waals surface area contributed by atoms with Gasteiger partial charge in [0.2, 0.25) is 0 Å². The summed E-state index contributed by atoms with van der Waals surface area (Å²) in [5, 5.41) is 26.3. The molecule has 0 amide bonds. The molecule has 0 saturated carbocycles. The number of carboxylic acid groups (broad SMARTS) is 2. The van der Waals surface area contributed by atoms with Crippen molar-refractivity contribution in [3.05, 3.63) is 0 Å². The van der Waals surface area contributed by atoms with Crippen molar-refractivity contribution in [2.75, 3.05) is 13.1 Å². The molecule has 3 aliphatic heterocycles. The van der Waals surface area contributed by atoms with E-state index in [2.05, 4.69) is 11.8 Å². The van der Waals surface area contributed by atoms with Gasteiger partial charge in [0.15, 0.2) is 0 Å². The fourth-order valence-corrected chi connectivity index (χ4v) is 2.28. The number of hydrogen-bond acceptors (Lipinski definition) is 5. The fraction of sp³-hybridized carbons (Fsp3) is 0.889. The van der Waals surface area contributed by atoms with Crippen LogP contribution >= 0.6 is 0 Å². The van der Waals surface area contributed by atoms with Crippen molar-refractivity contribution in [3.63, 3.8) is 0 Å². The minimum atomic E-state index is -2.33. The van der Waals surface area contributed by atoms with Crippen molar-refractivity contribution in [2.45, 2.75) is 31.9 Å². The van der Waals surface area contributed by atoms with E-state index in [9.17, 15) is 5.11 Å². The maximum absolute atomic E-state index is 9.63. The van der Waals surface area contributed by atoms with Gasteiger partial charge in [-0.1, -0.05) is 0 Å². The number of piperidine rings is 3. The van der Waals surface area contributed by atoms with Crippen LogP contribution < -0.4 is 113 Å². The molecule has 3 heterocycles. The van der Waals surface area contributed by atoms with Crippen molar-refractivity contribution >= 4 is 6.16 Å². The van der Waals surface area contributed by atoms with E-state index >= 15 is 0 Å². The van der Waals surface area contributed by atoms with Gasteiger partial charge >= 0.3 is 103 Å². The van der Waals surface area contributed by atoms with Gasteiger partial charge in [0.25, 0.3) is 0 Å². The quantitative estimate of drug-likeness (QED) is 0.445. The predicted octanol–water partition coefficient (Wildman–Crippen LogP) is -7.98. The molecule has 0 aromatic rings. The Labute approximate surface area is 181 Å². The molecule has 16 heavy (non-hydrogen) atoms. The number of aliphatic hydroxyl groups excluding tert-OH is 1. The number of rotatable bonds is 0. The summed E-state index contributed by atoms with van der Waals surface area (Å²) in [5.41, 5.74) is 0. The first-order valence-corrected chi connectivity index (χ1v) is 4.82. The fourth-order valence-electron chi connectivity index (χ4n) is 2.28. The van der Waals surface area contributed by atoms with Crippen LogP contribution in [-0.4, -0.2) is 41.4 Å². The summed E-state index contributed by atoms with van der Waals surface area (Å²) in [7, 11) is 0. The molecule has 5 nitrogen and oxygen atoms in total. The van der Waals surface area contributed by atoms with Crippen molar-refractivity contribution in [3.8, 4) is 0 Å². The first-order chi connectivity index (χ1) is 6.52. The third-order valence-electron chi connectivity index (χ3n) is 3.13. The van der Waals surface area contributed by atoms with Crippen LogP contribution in [0.15, 0.2) is 0 Å². The van der Waals surface area contributed by atoms with Gasteiger partial charge in [-0.2, -0.15) is 0 Å². The summed E-state index contributed by atoms with van der Waals surface area (Å²) in [6.07, 6.45) is 0.0549. The summed E-state index contributed by atoms with van der Waals surface area (Å²) < 4.78 is 0. The number of aliphatic hydroxyl groups is 1. The number of carbonyl (C=O) groups is 1. The van der Waals surface area contributed by atoms with E-state index in [4.69, 9.17) is 15.0 Å². The van der Waals surface area contributed by atoms with Crippen LogP contribution in [0.4, 0.5) is 4.79 Å². The van der Waals surface area contributed by atoms with Crippen molar-refractivity contribution in [1.29, 1.82) is 0 Å². The molecule has 3 aliphatic rings. The second kappa shape index (κ2) is 10.3. The second-order valence-corrected chi connectivity index (χ2v) is 3.85. The third-order valence-corrected chi connectivity index (χ3v) is 3.13. The topological polar surface area (TPSA) is 86.7 Å². The second-order valence-electron chi connectivity index (χ2n) is 3.85. The Morgan fingerprint density at radius 3 is 1.81 bits per heavy atom. The van der Waals surface area contributed by atoms with Crippen LogP contribution in [0.5, 0.6) is 0 Å². The zero-order valence-electron chi connectivity index (χ0n) is 10.2. The molecular weight excluding hydrogens is 264 g/mol. The van der Waals surface area contributed by atoms with Crippen LogP contribution in [0.1, 0.15) is 19.8 Å². The summed E-state index contributed by atoms with van der Waals surface area (Å²) >= 11 is 0. The molecule has 3 saturated heterocycles. The number of carbonyl (C=O) groups excluding carboxylic acids is 1. The molecule has 82 valence electrons. The maximum Gasteiger partial charge on any atom is 1.00 e. The van der Waals surface area contributed by atoms with Crippen molar-refractivity contribution < 1.29 is 123 Å². The molecule has 1 N–H and O–H groups in total. The molecule has 2 bridgehead atoms. The minimum Gasteiger partial charge on any atom is -0.652 e. The average Bonchev–Trinajstić information content (AvgIpc) is 2.13. The third kappa shape index (κ3) is 6.58. The Balaban J connectivity index is 0. The van der Waals surface area contributed by atoms with Gasteiger partial charge in [-0.05, 0) is 44.9 Å². The van der Waals surface area contributed by atoms with E-state index in [0.717, 1.165) is 0 Å². The molecule has 0 aromatic carbocycles. The van der Waals surface area contributed by atoms with E-state index in [1.165, 1.54) is 25.9 Å². The van der Waals surface area contributed by atoms with Gasteiger partial charge in [-0.15, -0.1) is 0 Å². The monoisotopic (exact) mass is 279 g/mol. The molecular formula is C9H15K2NO4. The molecule has 0 spiro atoms. The average molecular weight is 279 g/mol. The first-order valence-electron chi connectivity index (χ1n) is 4.82. The zero-order chi connectivity index (χ0) is 10.7. The molecule has 0 aliphatic carbocycles. The molecule has 3 rings (SSSR count). The van der Waals surface area contributed by atoms with Crippen LogP contribution in [0.2, 0.25) is 0 Å². The normalized spacial score (nSPS) is 34.9. The molecule has 0 radical (unpaired) electrons. The largest absolute Gasteiger partial charge is 1.00 e. The summed E-state index contributed by atoms with van der Waals surface area (Å²) in [4.78, 5) is 10.7. The summed E-state index contributed by atoms with van der Waals surface area (Å²) in [6.45, 7) is 4.56. The van der Waals surface area contributed by atoms with Gasteiger partial charge in [0.05, 0.1) is 6.10 Å². The van der Waals surface area contributed by atoms with Gasteiger partial charge in [-0.25, -0.2) is 0 Å². The Hall–Kier alpha value is 2.46. The number of hydrogen-bond donors (Lipinski definition) is 1. The van der Waals surface area contributed by atoms with Gasteiger partial charge in [-0.3, -0.25) is 4.90 Å². The van der Waals surface area contributed by atoms with E-state index in [1.54, 1.807) is 0 Å². The standard InChI is InChI=1S/C8H15NO.CH2O3.2K/c1-6-8(10)7-2-4-9(6)5-3-7;2-1(3)4;;/h6-8,10H,2-5H2,1H3;(H2,2,3,4);;/q;;2*+1/p-2. The van der Waals surface area contributed by atoms with E-state index in [0.29, 0.717) is 12.0 Å². The van der Waals surface area contributed by atoms with Crippen LogP contribution in [-0.2, 0) is 0 Å². The molecule has 0 aromatic heterocycles. The molecule has 3 fully saturated rings. The molecule has 2 unspecified atom stereocenters. The maximum atomic E-state index is 9.63. The Morgan fingerprint density at radius 1 is 1.25 bits per heavy atom. The van der Waals surface area contributed by atoms with E-state index in [1.807, 2.05) is 0 Å². The predicted molar refractivity (Wildman–Crippen MR) is 45.2 cm³/mol. The van der Waals surface area contributed by atoms with E-state index in [-0.39, 0.29) is 109 Å². The smallest absolute Gasteiger partial charge is 0.652 e. The van der Waals surface area contributed by atoms with Crippen molar-refractivity contribution in [1.82, 2.24) is 4.90 Å². The SMILES string of the molecule is CC1C(O)C2CCN1CC2.O=C([O-])[O-].[K+].[K+]. The van der Waals surface area contributed by atoms with Gasteiger partial charge in [0, 0.05) is 6.04 Å². The minimum absolute atomic E-state index is 0.